The van der Waals surface area contributed by atoms with Gasteiger partial charge >= 0.3 is 10.2 Å². The van der Waals surface area contributed by atoms with E-state index < -0.39 is 15.5 Å². The molecule has 0 bridgehead atoms. The molecule has 0 aliphatic carbocycles. The number of rotatable bonds is 6. The summed E-state index contributed by atoms with van der Waals surface area (Å²) in [6.07, 6.45) is 2.33. The van der Waals surface area contributed by atoms with Crippen LogP contribution in [-0.4, -0.2) is 44.1 Å². The van der Waals surface area contributed by atoms with Crippen molar-refractivity contribution in [1.82, 2.24) is 4.90 Å². The standard InChI is InChI=1S/C9H17FN2O3S/c10-16(14,15)8-6-9(13)12(7-8)5-3-1-2-4-11/h8H,1-7,11H2. The molecule has 0 aromatic rings. The van der Waals surface area contributed by atoms with Gasteiger partial charge in [-0.05, 0) is 19.4 Å². The molecule has 5 nitrogen and oxygen atoms in total. The first-order valence-corrected chi connectivity index (χ1v) is 6.81. The van der Waals surface area contributed by atoms with Gasteiger partial charge in [-0.2, -0.15) is 8.42 Å². The Morgan fingerprint density at radius 1 is 1.38 bits per heavy atom. The molecule has 0 aromatic carbocycles. The van der Waals surface area contributed by atoms with E-state index in [2.05, 4.69) is 0 Å². The van der Waals surface area contributed by atoms with Gasteiger partial charge in [0, 0.05) is 19.5 Å². The van der Waals surface area contributed by atoms with Crippen LogP contribution in [0.25, 0.3) is 0 Å². The Balaban J connectivity index is 2.37. The highest BCUT2D eigenvalue weighted by Gasteiger charge is 2.37. The van der Waals surface area contributed by atoms with E-state index in [0.717, 1.165) is 19.3 Å². The normalized spacial score (nSPS) is 21.8. The van der Waals surface area contributed by atoms with Gasteiger partial charge in [-0.25, -0.2) is 0 Å². The van der Waals surface area contributed by atoms with Crippen LogP contribution in [0.3, 0.4) is 0 Å². The molecule has 0 spiro atoms. The molecule has 1 amide bonds. The van der Waals surface area contributed by atoms with Crippen molar-refractivity contribution in [3.63, 3.8) is 0 Å². The van der Waals surface area contributed by atoms with Crippen LogP contribution in [0.2, 0.25) is 0 Å². The topological polar surface area (TPSA) is 80.5 Å². The lowest BCUT2D eigenvalue weighted by molar-refractivity contribution is -0.127. The van der Waals surface area contributed by atoms with Gasteiger partial charge in [-0.1, -0.05) is 6.42 Å². The quantitative estimate of drug-likeness (QED) is 0.533. The SMILES string of the molecule is NCCCCCN1CC(S(=O)(=O)F)CC1=O. The Kier molecular flexibility index (Phi) is 4.67. The average Bonchev–Trinajstić information content (AvgIpc) is 2.55. The van der Waals surface area contributed by atoms with E-state index in [0.29, 0.717) is 13.1 Å². The fourth-order valence-corrected chi connectivity index (χ4v) is 2.46. The Hall–Kier alpha value is -0.690. The number of unbranched alkanes of at least 4 members (excludes halogenated alkanes) is 2. The summed E-state index contributed by atoms with van der Waals surface area (Å²) >= 11 is 0. The van der Waals surface area contributed by atoms with E-state index in [-0.39, 0.29) is 18.9 Å². The molecule has 1 unspecified atom stereocenters. The summed E-state index contributed by atoms with van der Waals surface area (Å²) in [6.45, 7) is 1.08. The van der Waals surface area contributed by atoms with E-state index in [1.165, 1.54) is 4.90 Å². The molecule has 16 heavy (non-hydrogen) atoms. The number of nitrogens with zero attached hydrogens (tertiary/aromatic N) is 1. The lowest BCUT2D eigenvalue weighted by Gasteiger charge is -2.15. The van der Waals surface area contributed by atoms with Gasteiger partial charge in [0.15, 0.2) is 0 Å². The van der Waals surface area contributed by atoms with Crippen LogP contribution in [-0.2, 0) is 15.0 Å². The number of likely N-dealkylation sites (tertiary alicyclic amines) is 1. The highest BCUT2D eigenvalue weighted by Crippen LogP contribution is 2.19. The van der Waals surface area contributed by atoms with Crippen LogP contribution in [0, 0.1) is 0 Å². The highest BCUT2D eigenvalue weighted by molar-refractivity contribution is 7.87. The van der Waals surface area contributed by atoms with Gasteiger partial charge in [-0.15, -0.1) is 3.89 Å². The smallest absolute Gasteiger partial charge is 0.307 e. The molecule has 0 saturated carbocycles. The van der Waals surface area contributed by atoms with Crippen molar-refractivity contribution < 1.29 is 17.1 Å². The Bertz CT molecular complexity index is 345. The summed E-state index contributed by atoms with van der Waals surface area (Å²) < 4.78 is 33.9. The second kappa shape index (κ2) is 5.58. The minimum atomic E-state index is -4.59. The third kappa shape index (κ3) is 3.71. The first-order chi connectivity index (χ1) is 7.45. The van der Waals surface area contributed by atoms with Gasteiger partial charge in [-0.3, -0.25) is 4.79 Å². The van der Waals surface area contributed by atoms with E-state index in [1.54, 1.807) is 0 Å². The van der Waals surface area contributed by atoms with E-state index in [1.807, 2.05) is 0 Å². The van der Waals surface area contributed by atoms with Crippen LogP contribution in [0.4, 0.5) is 3.89 Å². The maximum atomic E-state index is 12.7. The van der Waals surface area contributed by atoms with Crippen molar-refractivity contribution in [2.24, 2.45) is 5.73 Å². The van der Waals surface area contributed by atoms with Crippen LogP contribution in [0.5, 0.6) is 0 Å². The number of halogens is 1. The predicted octanol–water partition coefficient (Wildman–Crippen LogP) is 0.0156. The van der Waals surface area contributed by atoms with Gasteiger partial charge in [0.05, 0.1) is 0 Å². The monoisotopic (exact) mass is 252 g/mol. The van der Waals surface area contributed by atoms with E-state index in [9.17, 15) is 17.1 Å². The van der Waals surface area contributed by atoms with Gasteiger partial charge < -0.3 is 10.6 Å². The second-order valence-electron chi connectivity index (χ2n) is 3.99. The summed E-state index contributed by atoms with van der Waals surface area (Å²) in [5.74, 6) is -0.279. The van der Waals surface area contributed by atoms with Crippen molar-refractivity contribution in [2.75, 3.05) is 19.6 Å². The maximum Gasteiger partial charge on any atom is 0.307 e. The summed E-state index contributed by atoms with van der Waals surface area (Å²) in [6, 6.07) is 0. The Morgan fingerprint density at radius 2 is 2.06 bits per heavy atom. The Morgan fingerprint density at radius 3 is 2.56 bits per heavy atom. The minimum absolute atomic E-state index is 0.0136. The minimum Gasteiger partial charge on any atom is -0.341 e. The molecule has 1 saturated heterocycles. The lowest BCUT2D eigenvalue weighted by Crippen LogP contribution is -2.28. The van der Waals surface area contributed by atoms with Gasteiger partial charge in [0.1, 0.15) is 5.25 Å². The molecule has 1 atom stereocenters. The van der Waals surface area contributed by atoms with E-state index in [4.69, 9.17) is 5.73 Å². The van der Waals surface area contributed by atoms with Crippen LogP contribution >= 0.6 is 0 Å². The molecule has 0 radical (unpaired) electrons. The first-order valence-electron chi connectivity index (χ1n) is 5.36. The van der Waals surface area contributed by atoms with Crippen molar-refractivity contribution in [2.45, 2.75) is 30.9 Å². The van der Waals surface area contributed by atoms with Gasteiger partial charge in [0.25, 0.3) is 0 Å². The molecule has 94 valence electrons. The number of hydrogen-bond acceptors (Lipinski definition) is 4. The van der Waals surface area contributed by atoms with Crippen LogP contribution in [0.1, 0.15) is 25.7 Å². The summed E-state index contributed by atoms with van der Waals surface area (Å²) in [5, 5.41) is -1.17. The number of amides is 1. The average molecular weight is 252 g/mol. The number of nitrogens with two attached hydrogens (primary N) is 1. The van der Waals surface area contributed by atoms with E-state index >= 15 is 0 Å². The second-order valence-corrected chi connectivity index (χ2v) is 5.61. The maximum absolute atomic E-state index is 12.7. The molecular formula is C9H17FN2O3S. The molecule has 1 fully saturated rings. The van der Waals surface area contributed by atoms with Gasteiger partial charge in [0.2, 0.25) is 5.91 Å². The first kappa shape index (κ1) is 13.4. The molecule has 2 N–H and O–H groups in total. The third-order valence-electron chi connectivity index (χ3n) is 2.71. The summed E-state index contributed by atoms with van der Waals surface area (Å²) in [7, 11) is -4.59. The molecule has 1 rings (SSSR count). The lowest BCUT2D eigenvalue weighted by atomic mass is 10.2. The predicted molar refractivity (Wildman–Crippen MR) is 57.9 cm³/mol. The molecule has 7 heteroatoms. The molecule has 1 heterocycles. The fraction of sp³-hybridized carbons (Fsp3) is 0.889. The highest BCUT2D eigenvalue weighted by atomic mass is 32.3. The van der Waals surface area contributed by atoms with Crippen molar-refractivity contribution in [3.05, 3.63) is 0 Å². The van der Waals surface area contributed by atoms with Crippen LogP contribution < -0.4 is 5.73 Å². The number of carbonyl (C=O) groups is 1. The van der Waals surface area contributed by atoms with Crippen molar-refractivity contribution >= 4 is 16.1 Å². The van der Waals surface area contributed by atoms with Crippen LogP contribution in [0.15, 0.2) is 0 Å². The Labute approximate surface area is 95.0 Å². The molecule has 0 aromatic heterocycles. The largest absolute Gasteiger partial charge is 0.341 e. The van der Waals surface area contributed by atoms with Crippen molar-refractivity contribution in [3.8, 4) is 0 Å². The molecule has 1 aliphatic heterocycles. The summed E-state index contributed by atoms with van der Waals surface area (Å²) in [5.41, 5.74) is 5.32. The zero-order chi connectivity index (χ0) is 12.2. The zero-order valence-corrected chi connectivity index (χ0v) is 9.88. The zero-order valence-electron chi connectivity index (χ0n) is 9.06. The van der Waals surface area contributed by atoms with Crippen molar-refractivity contribution in [1.29, 1.82) is 0 Å². The molecular weight excluding hydrogens is 235 g/mol. The summed E-state index contributed by atoms with van der Waals surface area (Å²) in [4.78, 5) is 12.8. The number of hydrogen-bond donors (Lipinski definition) is 1. The molecule has 1 aliphatic rings. The number of carbonyl (C=O) groups excluding carboxylic acids is 1. The third-order valence-corrected chi connectivity index (χ3v) is 3.82. The fourth-order valence-electron chi connectivity index (χ4n) is 1.76.